The van der Waals surface area contributed by atoms with E-state index in [9.17, 15) is 4.79 Å². The topological polar surface area (TPSA) is 72.4 Å². The Bertz CT molecular complexity index is 1090. The second kappa shape index (κ2) is 9.41. The van der Waals surface area contributed by atoms with Crippen molar-refractivity contribution in [1.29, 1.82) is 0 Å². The Morgan fingerprint density at radius 1 is 0.967 bits per heavy atom. The maximum absolute atomic E-state index is 12.9. The third kappa shape index (κ3) is 4.96. The van der Waals surface area contributed by atoms with Crippen LogP contribution in [0.15, 0.2) is 81.9 Å². The zero-order valence-corrected chi connectivity index (χ0v) is 17.0. The predicted molar refractivity (Wildman–Crippen MR) is 113 cm³/mol. The van der Waals surface area contributed by atoms with E-state index in [1.54, 1.807) is 29.2 Å². The van der Waals surface area contributed by atoms with Gasteiger partial charge in [-0.25, -0.2) is 0 Å². The van der Waals surface area contributed by atoms with Crippen molar-refractivity contribution in [2.75, 3.05) is 13.1 Å². The molecule has 1 amide bonds. The summed E-state index contributed by atoms with van der Waals surface area (Å²) in [7, 11) is 0. The van der Waals surface area contributed by atoms with Gasteiger partial charge in [0, 0.05) is 30.1 Å². The van der Waals surface area contributed by atoms with Crippen LogP contribution in [-0.2, 0) is 12.8 Å². The van der Waals surface area contributed by atoms with Crippen LogP contribution in [0.2, 0.25) is 5.02 Å². The Morgan fingerprint density at radius 2 is 1.80 bits per heavy atom. The van der Waals surface area contributed by atoms with Gasteiger partial charge in [0.15, 0.2) is 5.76 Å². The summed E-state index contributed by atoms with van der Waals surface area (Å²) in [6, 6.07) is 20.7. The smallest absolute Gasteiger partial charge is 0.289 e. The summed E-state index contributed by atoms with van der Waals surface area (Å²) in [6.45, 7) is 0.988. The summed E-state index contributed by atoms with van der Waals surface area (Å²) in [5.74, 6) is 1.08. The van der Waals surface area contributed by atoms with Crippen molar-refractivity contribution in [3.05, 3.63) is 95.2 Å². The van der Waals surface area contributed by atoms with Crippen LogP contribution in [0.4, 0.5) is 0 Å². The van der Waals surface area contributed by atoms with E-state index in [4.69, 9.17) is 20.5 Å². The third-order valence-corrected chi connectivity index (χ3v) is 4.91. The molecule has 0 fully saturated rings. The van der Waals surface area contributed by atoms with Crippen molar-refractivity contribution in [2.45, 2.75) is 12.8 Å². The van der Waals surface area contributed by atoms with Gasteiger partial charge in [0.1, 0.15) is 0 Å². The largest absolute Gasteiger partial charge is 0.459 e. The number of rotatable bonds is 8. The number of benzene rings is 2. The van der Waals surface area contributed by atoms with Crippen molar-refractivity contribution >= 4 is 17.5 Å². The fourth-order valence-corrected chi connectivity index (χ4v) is 3.30. The van der Waals surface area contributed by atoms with Gasteiger partial charge in [-0.05, 0) is 36.2 Å². The van der Waals surface area contributed by atoms with Gasteiger partial charge in [-0.15, -0.1) is 0 Å². The molecule has 0 saturated carbocycles. The first kappa shape index (κ1) is 19.9. The molecule has 0 spiro atoms. The molecule has 2 aromatic carbocycles. The van der Waals surface area contributed by atoms with Crippen molar-refractivity contribution in [3.63, 3.8) is 0 Å². The molecule has 6 nitrogen and oxygen atoms in total. The molecule has 0 radical (unpaired) electrons. The Kier molecular flexibility index (Phi) is 6.25. The van der Waals surface area contributed by atoms with E-state index in [1.807, 2.05) is 42.5 Å². The Labute approximate surface area is 179 Å². The molecule has 2 aromatic heterocycles. The lowest BCUT2D eigenvalue weighted by Gasteiger charge is -2.21. The van der Waals surface area contributed by atoms with Crippen LogP contribution in [0, 0.1) is 0 Å². The van der Waals surface area contributed by atoms with Crippen LogP contribution >= 0.6 is 11.6 Å². The molecule has 2 heterocycles. The van der Waals surface area contributed by atoms with Gasteiger partial charge in [0.2, 0.25) is 11.7 Å². The molecule has 0 aliphatic carbocycles. The first-order valence-electron chi connectivity index (χ1n) is 9.64. The number of furan rings is 1. The van der Waals surface area contributed by atoms with E-state index in [1.165, 1.54) is 6.26 Å². The van der Waals surface area contributed by atoms with Crippen molar-refractivity contribution in [2.24, 2.45) is 0 Å². The molecule has 0 unspecified atom stereocenters. The Hall–Kier alpha value is -3.38. The lowest BCUT2D eigenvalue weighted by Crippen LogP contribution is -2.34. The van der Waals surface area contributed by atoms with Gasteiger partial charge in [-0.2, -0.15) is 4.98 Å². The summed E-state index contributed by atoms with van der Waals surface area (Å²) in [5, 5.41) is 4.63. The molecule has 152 valence electrons. The van der Waals surface area contributed by atoms with Crippen LogP contribution in [0.25, 0.3) is 11.4 Å². The van der Waals surface area contributed by atoms with Crippen molar-refractivity contribution in [1.82, 2.24) is 15.0 Å². The van der Waals surface area contributed by atoms with Crippen LogP contribution < -0.4 is 0 Å². The molecular formula is C23H20ClN3O3. The zero-order valence-electron chi connectivity index (χ0n) is 16.2. The van der Waals surface area contributed by atoms with E-state index in [0.717, 1.165) is 17.5 Å². The second-order valence-corrected chi connectivity index (χ2v) is 7.21. The highest BCUT2D eigenvalue weighted by Gasteiger charge is 2.19. The van der Waals surface area contributed by atoms with Gasteiger partial charge in [0.05, 0.1) is 6.26 Å². The van der Waals surface area contributed by atoms with Gasteiger partial charge in [-0.1, -0.05) is 59.2 Å². The monoisotopic (exact) mass is 421 g/mol. The van der Waals surface area contributed by atoms with Crippen LogP contribution in [0.3, 0.4) is 0 Å². The van der Waals surface area contributed by atoms with E-state index >= 15 is 0 Å². The second-order valence-electron chi connectivity index (χ2n) is 6.78. The number of nitrogens with zero attached hydrogens (tertiary/aromatic N) is 3. The molecule has 0 bridgehead atoms. The normalized spacial score (nSPS) is 10.8. The van der Waals surface area contributed by atoms with E-state index in [0.29, 0.717) is 42.0 Å². The summed E-state index contributed by atoms with van der Waals surface area (Å²) in [5.41, 5.74) is 1.95. The number of hydrogen-bond acceptors (Lipinski definition) is 5. The summed E-state index contributed by atoms with van der Waals surface area (Å²) in [4.78, 5) is 19.0. The number of hydrogen-bond donors (Lipinski definition) is 0. The van der Waals surface area contributed by atoms with E-state index in [-0.39, 0.29) is 5.91 Å². The van der Waals surface area contributed by atoms with Crippen LogP contribution in [-0.4, -0.2) is 34.0 Å². The minimum absolute atomic E-state index is 0.162. The number of halogens is 1. The standard InChI is InChI=1S/C23H20ClN3O3/c24-19-9-4-8-18(16-19)22-25-21(30-26-22)12-14-27(23(28)20-10-5-15-29-20)13-11-17-6-2-1-3-7-17/h1-10,15-16H,11-14H2. The van der Waals surface area contributed by atoms with Crippen molar-refractivity contribution < 1.29 is 13.7 Å². The first-order valence-corrected chi connectivity index (χ1v) is 10.0. The highest BCUT2D eigenvalue weighted by atomic mass is 35.5. The van der Waals surface area contributed by atoms with Crippen LogP contribution in [0.1, 0.15) is 22.0 Å². The average Bonchev–Trinajstić information content (AvgIpc) is 3.47. The molecule has 0 saturated heterocycles. The Balaban J connectivity index is 1.44. The fraction of sp³-hybridized carbons (Fsp3) is 0.174. The van der Waals surface area contributed by atoms with Gasteiger partial charge >= 0.3 is 0 Å². The number of amides is 1. The lowest BCUT2D eigenvalue weighted by molar-refractivity contribution is 0.0724. The predicted octanol–water partition coefficient (Wildman–Crippen LogP) is 4.91. The maximum atomic E-state index is 12.9. The number of carbonyl (C=O) groups is 1. The van der Waals surface area contributed by atoms with E-state index in [2.05, 4.69) is 10.1 Å². The molecule has 4 rings (SSSR count). The van der Waals surface area contributed by atoms with Gasteiger partial charge in [0.25, 0.3) is 5.91 Å². The van der Waals surface area contributed by atoms with Crippen LogP contribution in [0.5, 0.6) is 0 Å². The molecular weight excluding hydrogens is 402 g/mol. The quantitative estimate of drug-likeness (QED) is 0.404. The zero-order chi connectivity index (χ0) is 20.8. The molecule has 7 heteroatoms. The van der Waals surface area contributed by atoms with Crippen molar-refractivity contribution in [3.8, 4) is 11.4 Å². The Morgan fingerprint density at radius 3 is 2.57 bits per heavy atom. The lowest BCUT2D eigenvalue weighted by atomic mass is 10.1. The summed E-state index contributed by atoms with van der Waals surface area (Å²) in [6.07, 6.45) is 2.68. The van der Waals surface area contributed by atoms with Gasteiger partial charge in [-0.3, -0.25) is 4.79 Å². The fourth-order valence-electron chi connectivity index (χ4n) is 3.11. The molecule has 0 atom stereocenters. The average molecular weight is 422 g/mol. The minimum atomic E-state index is -0.162. The van der Waals surface area contributed by atoms with Gasteiger partial charge < -0.3 is 13.8 Å². The molecule has 0 aliphatic rings. The summed E-state index contributed by atoms with van der Waals surface area (Å²) < 4.78 is 10.7. The highest BCUT2D eigenvalue weighted by Crippen LogP contribution is 2.20. The molecule has 0 aliphatic heterocycles. The third-order valence-electron chi connectivity index (χ3n) is 4.68. The highest BCUT2D eigenvalue weighted by molar-refractivity contribution is 6.30. The minimum Gasteiger partial charge on any atom is -0.459 e. The number of aromatic nitrogens is 2. The maximum Gasteiger partial charge on any atom is 0.289 e. The van der Waals surface area contributed by atoms with E-state index < -0.39 is 0 Å². The first-order chi connectivity index (χ1) is 14.7. The SMILES string of the molecule is O=C(c1ccco1)N(CCc1ccccc1)CCc1nc(-c2cccc(Cl)c2)no1. The molecule has 4 aromatic rings. The molecule has 0 N–H and O–H groups in total. The molecule has 30 heavy (non-hydrogen) atoms. The summed E-state index contributed by atoms with van der Waals surface area (Å²) >= 11 is 6.03. The number of carbonyl (C=O) groups excluding carboxylic acids is 1.